The molecule has 2 amide bonds. The van der Waals surface area contributed by atoms with Gasteiger partial charge in [0, 0.05) is 12.6 Å². The van der Waals surface area contributed by atoms with Crippen molar-refractivity contribution >= 4 is 11.8 Å². The van der Waals surface area contributed by atoms with Crippen LogP contribution in [-0.4, -0.2) is 56.0 Å². The third kappa shape index (κ3) is 4.59. The van der Waals surface area contributed by atoms with Gasteiger partial charge in [0.25, 0.3) is 0 Å². The molecule has 1 aliphatic heterocycles. The molecule has 0 radical (unpaired) electrons. The van der Waals surface area contributed by atoms with Gasteiger partial charge in [-0.05, 0) is 26.4 Å². The highest BCUT2D eigenvalue weighted by atomic mass is 16.2. The average Bonchev–Trinajstić information content (AvgIpc) is 2.26. The first kappa shape index (κ1) is 12.9. The summed E-state index contributed by atoms with van der Waals surface area (Å²) in [4.78, 5) is 24.5. The van der Waals surface area contributed by atoms with E-state index in [1.54, 1.807) is 0 Å². The second kappa shape index (κ2) is 6.44. The molecule has 0 aromatic rings. The van der Waals surface area contributed by atoms with E-state index in [0.29, 0.717) is 0 Å². The van der Waals surface area contributed by atoms with Gasteiger partial charge in [0.2, 0.25) is 11.8 Å². The fourth-order valence-electron chi connectivity index (χ4n) is 1.81. The van der Waals surface area contributed by atoms with Gasteiger partial charge in [-0.25, -0.2) is 0 Å². The van der Waals surface area contributed by atoms with E-state index in [1.807, 2.05) is 7.05 Å². The molecule has 0 saturated carbocycles. The average molecular weight is 228 g/mol. The van der Waals surface area contributed by atoms with Crippen LogP contribution >= 0.6 is 0 Å². The third-order valence-corrected chi connectivity index (χ3v) is 2.62. The molecule has 6 nitrogen and oxygen atoms in total. The fourth-order valence-corrected chi connectivity index (χ4v) is 1.81. The maximum atomic E-state index is 11.5. The number of amides is 2. The van der Waals surface area contributed by atoms with E-state index in [9.17, 15) is 9.59 Å². The number of nitrogens with two attached hydrogens (primary N) is 1. The first-order valence-electron chi connectivity index (χ1n) is 5.56. The van der Waals surface area contributed by atoms with Crippen LogP contribution in [0.1, 0.15) is 12.8 Å². The van der Waals surface area contributed by atoms with E-state index in [2.05, 4.69) is 15.5 Å². The second-order valence-electron chi connectivity index (χ2n) is 4.15. The zero-order valence-electron chi connectivity index (χ0n) is 9.66. The summed E-state index contributed by atoms with van der Waals surface area (Å²) in [5.41, 5.74) is 5.11. The monoisotopic (exact) mass is 228 g/mol. The number of carbonyl (C=O) groups is 2. The molecule has 4 N–H and O–H groups in total. The highest BCUT2D eigenvalue weighted by Gasteiger charge is 2.18. The van der Waals surface area contributed by atoms with Crippen LogP contribution in [0.15, 0.2) is 0 Å². The van der Waals surface area contributed by atoms with Crippen molar-refractivity contribution in [2.45, 2.75) is 18.9 Å². The number of rotatable bonds is 4. The SMILES string of the molecule is CN1CCCC(NC(=O)CNC(=O)CN)C1. The molecule has 16 heavy (non-hydrogen) atoms. The van der Waals surface area contributed by atoms with Crippen LogP contribution in [0.2, 0.25) is 0 Å². The summed E-state index contributed by atoms with van der Waals surface area (Å²) in [5, 5.41) is 5.34. The topological polar surface area (TPSA) is 87.5 Å². The van der Waals surface area contributed by atoms with Crippen molar-refractivity contribution in [3.05, 3.63) is 0 Å². The molecule has 1 atom stereocenters. The Morgan fingerprint density at radius 3 is 2.81 bits per heavy atom. The van der Waals surface area contributed by atoms with Gasteiger partial charge in [-0.2, -0.15) is 0 Å². The quantitative estimate of drug-likeness (QED) is 0.534. The molecule has 0 bridgehead atoms. The molecule has 6 heteroatoms. The minimum absolute atomic E-state index is 0.0102. The van der Waals surface area contributed by atoms with Crippen LogP contribution in [0.4, 0.5) is 0 Å². The van der Waals surface area contributed by atoms with E-state index in [1.165, 1.54) is 0 Å². The van der Waals surface area contributed by atoms with E-state index >= 15 is 0 Å². The number of hydrogen-bond donors (Lipinski definition) is 3. The predicted molar refractivity (Wildman–Crippen MR) is 60.7 cm³/mol. The Morgan fingerprint density at radius 2 is 2.19 bits per heavy atom. The maximum absolute atomic E-state index is 11.5. The van der Waals surface area contributed by atoms with Gasteiger partial charge >= 0.3 is 0 Å². The molecular weight excluding hydrogens is 208 g/mol. The van der Waals surface area contributed by atoms with Gasteiger partial charge in [0.05, 0.1) is 13.1 Å². The smallest absolute Gasteiger partial charge is 0.239 e. The number of hydrogen-bond acceptors (Lipinski definition) is 4. The summed E-state index contributed by atoms with van der Waals surface area (Å²) in [6, 6.07) is 0.195. The van der Waals surface area contributed by atoms with E-state index in [4.69, 9.17) is 5.73 Å². The number of piperidine rings is 1. The number of nitrogens with one attached hydrogen (secondary N) is 2. The lowest BCUT2D eigenvalue weighted by Crippen LogP contribution is -2.49. The molecule has 1 fully saturated rings. The Kier molecular flexibility index (Phi) is 5.21. The molecule has 92 valence electrons. The summed E-state index contributed by atoms with van der Waals surface area (Å²) >= 11 is 0. The maximum Gasteiger partial charge on any atom is 0.239 e. The van der Waals surface area contributed by atoms with Crippen molar-refractivity contribution < 1.29 is 9.59 Å². The van der Waals surface area contributed by atoms with Crippen LogP contribution in [-0.2, 0) is 9.59 Å². The normalized spacial score (nSPS) is 21.5. The summed E-state index contributed by atoms with van der Waals surface area (Å²) < 4.78 is 0. The lowest BCUT2D eigenvalue weighted by molar-refractivity contribution is -0.125. The molecule has 1 saturated heterocycles. The van der Waals surface area contributed by atoms with Crippen LogP contribution < -0.4 is 16.4 Å². The van der Waals surface area contributed by atoms with Gasteiger partial charge < -0.3 is 21.3 Å². The molecule has 1 rings (SSSR count). The minimum Gasteiger partial charge on any atom is -0.351 e. The number of likely N-dealkylation sites (N-methyl/N-ethyl adjacent to an activating group) is 1. The van der Waals surface area contributed by atoms with Crippen molar-refractivity contribution in [2.24, 2.45) is 5.73 Å². The van der Waals surface area contributed by atoms with Crippen molar-refractivity contribution in [3.8, 4) is 0 Å². The number of carbonyl (C=O) groups excluding carboxylic acids is 2. The Balaban J connectivity index is 2.20. The Labute approximate surface area is 95.5 Å². The summed E-state index contributed by atoms with van der Waals surface area (Å²) in [5.74, 6) is -0.460. The van der Waals surface area contributed by atoms with E-state index in [-0.39, 0.29) is 30.9 Å². The lowest BCUT2D eigenvalue weighted by Gasteiger charge is -2.30. The molecule has 0 spiro atoms. The van der Waals surface area contributed by atoms with Crippen molar-refractivity contribution in [3.63, 3.8) is 0 Å². The first-order valence-corrected chi connectivity index (χ1v) is 5.56. The van der Waals surface area contributed by atoms with Gasteiger partial charge in [-0.15, -0.1) is 0 Å². The van der Waals surface area contributed by atoms with Crippen LogP contribution in [0.25, 0.3) is 0 Å². The van der Waals surface area contributed by atoms with Crippen LogP contribution in [0, 0.1) is 0 Å². The Hall–Kier alpha value is -1.14. The zero-order valence-corrected chi connectivity index (χ0v) is 9.66. The second-order valence-corrected chi connectivity index (χ2v) is 4.15. The molecule has 1 unspecified atom stereocenters. The first-order chi connectivity index (χ1) is 7.61. The molecule has 0 aromatic heterocycles. The fraction of sp³-hybridized carbons (Fsp3) is 0.800. The Bertz CT molecular complexity index is 257. The van der Waals surface area contributed by atoms with Crippen molar-refractivity contribution in [1.82, 2.24) is 15.5 Å². The molecule has 1 aliphatic rings. The van der Waals surface area contributed by atoms with Crippen LogP contribution in [0.3, 0.4) is 0 Å². The standard InChI is InChI=1S/C10H20N4O2/c1-14-4-2-3-8(7-14)13-10(16)6-12-9(15)5-11/h8H,2-7,11H2,1H3,(H,12,15)(H,13,16). The van der Waals surface area contributed by atoms with E-state index < -0.39 is 0 Å². The van der Waals surface area contributed by atoms with E-state index in [0.717, 1.165) is 25.9 Å². The van der Waals surface area contributed by atoms with Crippen molar-refractivity contribution in [1.29, 1.82) is 0 Å². The predicted octanol–water partition coefficient (Wildman–Crippen LogP) is -1.73. The number of likely N-dealkylation sites (tertiary alicyclic amines) is 1. The van der Waals surface area contributed by atoms with Gasteiger partial charge in [-0.3, -0.25) is 9.59 Å². The van der Waals surface area contributed by atoms with Gasteiger partial charge in [0.1, 0.15) is 0 Å². The van der Waals surface area contributed by atoms with Gasteiger partial charge in [0.15, 0.2) is 0 Å². The third-order valence-electron chi connectivity index (χ3n) is 2.62. The summed E-state index contributed by atoms with van der Waals surface area (Å²) in [7, 11) is 2.04. The molecule has 0 aliphatic carbocycles. The van der Waals surface area contributed by atoms with Crippen LogP contribution in [0.5, 0.6) is 0 Å². The summed E-state index contributed by atoms with van der Waals surface area (Å²) in [6.07, 6.45) is 2.09. The zero-order chi connectivity index (χ0) is 12.0. The summed E-state index contributed by atoms with van der Waals surface area (Å²) in [6.45, 7) is 1.88. The lowest BCUT2D eigenvalue weighted by atomic mass is 10.1. The Morgan fingerprint density at radius 1 is 1.44 bits per heavy atom. The molecular formula is C10H20N4O2. The molecule has 1 heterocycles. The largest absolute Gasteiger partial charge is 0.351 e. The highest BCUT2D eigenvalue weighted by Crippen LogP contribution is 2.07. The highest BCUT2D eigenvalue weighted by molar-refractivity contribution is 5.85. The van der Waals surface area contributed by atoms with Crippen molar-refractivity contribution in [2.75, 3.05) is 33.2 Å². The van der Waals surface area contributed by atoms with Gasteiger partial charge in [-0.1, -0.05) is 0 Å². The number of nitrogens with zero attached hydrogens (tertiary/aromatic N) is 1. The molecule has 0 aromatic carbocycles. The minimum atomic E-state index is -0.309.